The second-order valence-corrected chi connectivity index (χ2v) is 4.66. The highest BCUT2D eigenvalue weighted by atomic mass is 35.5. The van der Waals surface area contributed by atoms with E-state index < -0.39 is 0 Å². The molecule has 0 saturated heterocycles. The molecule has 18 heavy (non-hydrogen) atoms. The van der Waals surface area contributed by atoms with Crippen LogP contribution in [0.2, 0.25) is 10.0 Å². The average molecular weight is 283 g/mol. The lowest BCUT2D eigenvalue weighted by atomic mass is 10.1. The highest BCUT2D eigenvalue weighted by molar-refractivity contribution is 6.33. The third-order valence-electron chi connectivity index (χ3n) is 2.50. The first-order valence-electron chi connectivity index (χ1n) is 5.40. The zero-order valence-corrected chi connectivity index (χ0v) is 11.2. The summed E-state index contributed by atoms with van der Waals surface area (Å²) in [7, 11) is 0. The molecule has 0 saturated carbocycles. The Hall–Kier alpha value is -1.45. The van der Waals surface area contributed by atoms with E-state index in [1.54, 1.807) is 36.5 Å². The number of pyridine rings is 1. The van der Waals surface area contributed by atoms with Crippen molar-refractivity contribution in [3.8, 4) is 5.75 Å². The first-order valence-corrected chi connectivity index (χ1v) is 6.15. The third-order valence-corrected chi connectivity index (χ3v) is 3.08. The maximum Gasteiger partial charge on any atom is 0.166 e. The number of ether oxygens (including phenoxy) is 1. The van der Waals surface area contributed by atoms with Gasteiger partial charge in [0.05, 0.1) is 0 Å². The number of benzene rings is 1. The van der Waals surface area contributed by atoms with Crippen LogP contribution in [-0.4, -0.2) is 4.98 Å². The lowest BCUT2D eigenvalue weighted by Gasteiger charge is -2.17. The number of hydrogen-bond acceptors (Lipinski definition) is 3. The van der Waals surface area contributed by atoms with Crippen molar-refractivity contribution in [3.63, 3.8) is 0 Å². The standard InChI is InChI=1S/C13H12Cl2N2O/c1-8(10-7-9(14)4-5-11(10)15)18-12-3-2-6-17-13(12)16/h2-8H,1H3,(H2,16,17)/t8-/m1/s1. The molecule has 0 radical (unpaired) electrons. The molecule has 2 aromatic rings. The predicted octanol–water partition coefficient (Wildman–Crippen LogP) is 4.11. The Kier molecular flexibility index (Phi) is 3.94. The summed E-state index contributed by atoms with van der Waals surface area (Å²) < 4.78 is 5.74. The SMILES string of the molecule is C[C@@H](Oc1cccnc1N)c1cc(Cl)ccc1Cl. The van der Waals surface area contributed by atoms with Gasteiger partial charge < -0.3 is 10.5 Å². The minimum absolute atomic E-state index is 0.261. The minimum atomic E-state index is -0.261. The van der Waals surface area contributed by atoms with Gasteiger partial charge in [0.2, 0.25) is 0 Å². The molecule has 0 spiro atoms. The molecule has 1 aromatic carbocycles. The van der Waals surface area contributed by atoms with Crippen LogP contribution in [0.5, 0.6) is 5.75 Å². The van der Waals surface area contributed by atoms with Crippen LogP contribution in [0.1, 0.15) is 18.6 Å². The van der Waals surface area contributed by atoms with Gasteiger partial charge in [0.15, 0.2) is 11.6 Å². The van der Waals surface area contributed by atoms with Gasteiger partial charge in [-0.2, -0.15) is 0 Å². The molecule has 0 unspecified atom stereocenters. The van der Waals surface area contributed by atoms with Crippen molar-refractivity contribution in [3.05, 3.63) is 52.1 Å². The maximum atomic E-state index is 6.11. The molecular formula is C13H12Cl2N2O. The highest BCUT2D eigenvalue weighted by Gasteiger charge is 2.13. The van der Waals surface area contributed by atoms with Gasteiger partial charge in [-0.05, 0) is 37.3 Å². The van der Waals surface area contributed by atoms with Crippen molar-refractivity contribution >= 4 is 29.0 Å². The summed E-state index contributed by atoms with van der Waals surface area (Å²) in [5.74, 6) is 0.878. The summed E-state index contributed by atoms with van der Waals surface area (Å²) in [5.41, 5.74) is 6.53. The van der Waals surface area contributed by atoms with Crippen molar-refractivity contribution in [2.45, 2.75) is 13.0 Å². The van der Waals surface area contributed by atoms with Crippen molar-refractivity contribution in [1.82, 2.24) is 4.98 Å². The van der Waals surface area contributed by atoms with Gasteiger partial charge in [-0.15, -0.1) is 0 Å². The van der Waals surface area contributed by atoms with Gasteiger partial charge in [0, 0.05) is 21.8 Å². The first kappa shape index (κ1) is 13.0. The van der Waals surface area contributed by atoms with Gasteiger partial charge in [0.1, 0.15) is 6.10 Å². The fourth-order valence-electron chi connectivity index (χ4n) is 1.58. The molecule has 2 N–H and O–H groups in total. The van der Waals surface area contributed by atoms with Crippen molar-refractivity contribution in [2.24, 2.45) is 0 Å². The van der Waals surface area contributed by atoms with Crippen LogP contribution in [0, 0.1) is 0 Å². The second-order valence-electron chi connectivity index (χ2n) is 3.81. The maximum absolute atomic E-state index is 6.11. The molecule has 0 fully saturated rings. The van der Waals surface area contributed by atoms with E-state index in [2.05, 4.69) is 4.98 Å². The molecule has 0 aliphatic rings. The van der Waals surface area contributed by atoms with E-state index in [9.17, 15) is 0 Å². The van der Waals surface area contributed by atoms with Crippen LogP contribution in [0.3, 0.4) is 0 Å². The number of rotatable bonds is 3. The van der Waals surface area contributed by atoms with Gasteiger partial charge >= 0.3 is 0 Å². The highest BCUT2D eigenvalue weighted by Crippen LogP contribution is 2.31. The summed E-state index contributed by atoms with van der Waals surface area (Å²) in [6, 6.07) is 8.78. The summed E-state index contributed by atoms with van der Waals surface area (Å²) in [5, 5.41) is 1.22. The zero-order valence-electron chi connectivity index (χ0n) is 9.73. The molecule has 2 rings (SSSR count). The normalized spacial score (nSPS) is 12.2. The average Bonchev–Trinajstić information content (AvgIpc) is 2.35. The molecular weight excluding hydrogens is 271 g/mol. The number of aromatic nitrogens is 1. The molecule has 1 atom stereocenters. The van der Waals surface area contributed by atoms with E-state index in [1.165, 1.54) is 0 Å². The fourth-order valence-corrected chi connectivity index (χ4v) is 2.03. The predicted molar refractivity (Wildman–Crippen MR) is 74.2 cm³/mol. The molecule has 0 bridgehead atoms. The van der Waals surface area contributed by atoms with E-state index in [-0.39, 0.29) is 6.10 Å². The minimum Gasteiger partial charge on any atom is -0.482 e. The number of nitrogen functional groups attached to an aromatic ring is 1. The Balaban J connectivity index is 2.25. The van der Waals surface area contributed by atoms with Gasteiger partial charge in [0.25, 0.3) is 0 Å². The monoisotopic (exact) mass is 282 g/mol. The van der Waals surface area contributed by atoms with E-state index in [1.807, 2.05) is 6.92 Å². The smallest absolute Gasteiger partial charge is 0.166 e. The first-order chi connectivity index (χ1) is 8.58. The van der Waals surface area contributed by atoms with Crippen LogP contribution in [-0.2, 0) is 0 Å². The molecule has 0 aliphatic carbocycles. The van der Waals surface area contributed by atoms with Crippen LogP contribution in [0.25, 0.3) is 0 Å². The Morgan fingerprint density at radius 1 is 1.28 bits per heavy atom. The summed E-state index contributed by atoms with van der Waals surface area (Å²) in [6.45, 7) is 1.88. The number of hydrogen-bond donors (Lipinski definition) is 1. The fraction of sp³-hybridized carbons (Fsp3) is 0.154. The van der Waals surface area contributed by atoms with Gasteiger partial charge in [-0.3, -0.25) is 0 Å². The van der Waals surface area contributed by atoms with Crippen molar-refractivity contribution in [1.29, 1.82) is 0 Å². The molecule has 1 heterocycles. The Morgan fingerprint density at radius 2 is 2.06 bits per heavy atom. The van der Waals surface area contributed by atoms with Crippen molar-refractivity contribution in [2.75, 3.05) is 5.73 Å². The Morgan fingerprint density at radius 3 is 2.78 bits per heavy atom. The molecule has 94 valence electrons. The lowest BCUT2D eigenvalue weighted by molar-refractivity contribution is 0.227. The van der Waals surface area contributed by atoms with Crippen LogP contribution in [0.15, 0.2) is 36.5 Å². The zero-order chi connectivity index (χ0) is 13.1. The number of nitrogens with two attached hydrogens (primary N) is 1. The van der Waals surface area contributed by atoms with Crippen LogP contribution in [0.4, 0.5) is 5.82 Å². The second kappa shape index (κ2) is 5.46. The number of halogens is 2. The van der Waals surface area contributed by atoms with E-state index in [0.717, 1.165) is 5.56 Å². The molecule has 0 amide bonds. The van der Waals surface area contributed by atoms with E-state index >= 15 is 0 Å². The summed E-state index contributed by atoms with van der Waals surface area (Å²) in [6.07, 6.45) is 1.35. The van der Waals surface area contributed by atoms with Crippen molar-refractivity contribution < 1.29 is 4.74 Å². The molecule has 3 nitrogen and oxygen atoms in total. The number of anilines is 1. The van der Waals surface area contributed by atoms with E-state index in [4.69, 9.17) is 33.7 Å². The topological polar surface area (TPSA) is 48.1 Å². The number of nitrogens with zero attached hydrogens (tertiary/aromatic N) is 1. The third kappa shape index (κ3) is 2.86. The Labute approximate surface area is 115 Å². The largest absolute Gasteiger partial charge is 0.482 e. The molecule has 5 heteroatoms. The quantitative estimate of drug-likeness (QED) is 0.922. The van der Waals surface area contributed by atoms with Crippen LogP contribution < -0.4 is 10.5 Å². The van der Waals surface area contributed by atoms with Gasteiger partial charge in [-0.1, -0.05) is 23.2 Å². The Bertz CT molecular complexity index is 560. The molecule has 0 aliphatic heterocycles. The molecule has 1 aromatic heterocycles. The van der Waals surface area contributed by atoms with E-state index in [0.29, 0.717) is 21.6 Å². The lowest BCUT2D eigenvalue weighted by Crippen LogP contribution is -2.06. The van der Waals surface area contributed by atoms with Crippen LogP contribution >= 0.6 is 23.2 Å². The van der Waals surface area contributed by atoms with Gasteiger partial charge in [-0.25, -0.2) is 4.98 Å². The summed E-state index contributed by atoms with van der Waals surface area (Å²) in [4.78, 5) is 3.96. The summed E-state index contributed by atoms with van der Waals surface area (Å²) >= 11 is 12.1.